The fourth-order valence-electron chi connectivity index (χ4n) is 9.24. The summed E-state index contributed by atoms with van der Waals surface area (Å²) in [6.45, 7) is 6.51. The molecule has 0 spiro atoms. The SMILES string of the molecule is CC/C=C\C/C=C\C/C=C\C/C=C\CCCCCCCCC(=O)OC(COC(=O)CCCCCCC/C=C\CCCC)COC(=O)CCCCCCCCCCCCCCCCCCCCCCCCCCC. The van der Waals surface area contributed by atoms with Gasteiger partial charge in [0.15, 0.2) is 6.10 Å². The molecule has 0 aromatic heterocycles. The zero-order valence-corrected chi connectivity index (χ0v) is 48.7. The van der Waals surface area contributed by atoms with Gasteiger partial charge in [0.25, 0.3) is 0 Å². The highest BCUT2D eigenvalue weighted by Gasteiger charge is 2.19. The molecular formula is C67H120O6. The van der Waals surface area contributed by atoms with Crippen molar-refractivity contribution >= 4 is 17.9 Å². The van der Waals surface area contributed by atoms with E-state index < -0.39 is 6.10 Å². The van der Waals surface area contributed by atoms with Crippen LogP contribution in [0.5, 0.6) is 0 Å². The van der Waals surface area contributed by atoms with Crippen LogP contribution in [0.25, 0.3) is 0 Å². The van der Waals surface area contributed by atoms with Crippen LogP contribution in [0, 0.1) is 0 Å². The van der Waals surface area contributed by atoms with Crippen LogP contribution >= 0.6 is 0 Å². The van der Waals surface area contributed by atoms with Crippen molar-refractivity contribution in [2.45, 2.75) is 335 Å². The smallest absolute Gasteiger partial charge is 0.306 e. The molecule has 0 heterocycles. The van der Waals surface area contributed by atoms with Gasteiger partial charge in [-0.05, 0) is 77.0 Å². The minimum atomic E-state index is -0.784. The lowest BCUT2D eigenvalue weighted by Gasteiger charge is -2.18. The lowest BCUT2D eigenvalue weighted by Crippen LogP contribution is -2.30. The van der Waals surface area contributed by atoms with Crippen molar-refractivity contribution < 1.29 is 28.6 Å². The summed E-state index contributed by atoms with van der Waals surface area (Å²) in [7, 11) is 0. The summed E-state index contributed by atoms with van der Waals surface area (Å²) in [5.74, 6) is -0.889. The van der Waals surface area contributed by atoms with Gasteiger partial charge in [-0.3, -0.25) is 14.4 Å². The predicted octanol–water partition coefficient (Wildman–Crippen LogP) is 21.6. The summed E-state index contributed by atoms with van der Waals surface area (Å²) >= 11 is 0. The Morgan fingerprint density at radius 2 is 0.548 bits per heavy atom. The van der Waals surface area contributed by atoms with E-state index in [2.05, 4.69) is 81.5 Å². The number of unbranched alkanes of at least 4 members (excludes halogenated alkanes) is 37. The monoisotopic (exact) mass is 1020 g/mol. The van der Waals surface area contributed by atoms with Crippen molar-refractivity contribution in [3.63, 3.8) is 0 Å². The minimum absolute atomic E-state index is 0.0799. The van der Waals surface area contributed by atoms with E-state index in [0.29, 0.717) is 19.3 Å². The molecule has 0 aromatic carbocycles. The van der Waals surface area contributed by atoms with Gasteiger partial charge >= 0.3 is 17.9 Å². The first-order valence-corrected chi connectivity index (χ1v) is 31.8. The van der Waals surface area contributed by atoms with Crippen LogP contribution in [0.1, 0.15) is 329 Å². The Morgan fingerprint density at radius 3 is 0.890 bits per heavy atom. The van der Waals surface area contributed by atoms with Gasteiger partial charge in [-0.15, -0.1) is 0 Å². The van der Waals surface area contributed by atoms with E-state index in [9.17, 15) is 14.4 Å². The highest BCUT2D eigenvalue weighted by molar-refractivity contribution is 5.71. The largest absolute Gasteiger partial charge is 0.462 e. The highest BCUT2D eigenvalue weighted by Crippen LogP contribution is 2.17. The molecule has 0 aliphatic heterocycles. The molecule has 0 saturated heterocycles. The Balaban J connectivity index is 4.24. The zero-order chi connectivity index (χ0) is 52.9. The standard InChI is InChI=1S/C67H120O6/c1-4-7-10-13-16-19-22-24-26-28-30-31-32-33-34-35-37-38-40-42-45-48-51-54-57-60-66(69)72-63-64(62-71-65(68)59-56-53-50-47-44-21-18-15-12-9-6-3)73-67(70)61-58-55-52-49-46-43-41-39-36-29-27-25-23-20-17-14-11-8-5-2/h8,11,15,17-18,20,25,27,36,39,64H,4-7,9-10,12-14,16,19,21-24,26,28-35,37-38,40-63H2,1-3H3/b11-8-,18-15-,20-17-,27-25-,39-36-. The number of carbonyl (C=O) groups is 3. The molecule has 73 heavy (non-hydrogen) atoms. The van der Waals surface area contributed by atoms with Crippen molar-refractivity contribution in [3.05, 3.63) is 60.8 Å². The van der Waals surface area contributed by atoms with E-state index in [4.69, 9.17) is 14.2 Å². The third-order valence-corrected chi connectivity index (χ3v) is 14.0. The van der Waals surface area contributed by atoms with Crippen molar-refractivity contribution in [1.82, 2.24) is 0 Å². The third kappa shape index (κ3) is 59.9. The van der Waals surface area contributed by atoms with Crippen LogP contribution in [0.3, 0.4) is 0 Å². The van der Waals surface area contributed by atoms with Gasteiger partial charge in [0, 0.05) is 19.3 Å². The molecule has 0 amide bonds. The second kappa shape index (κ2) is 61.7. The van der Waals surface area contributed by atoms with Crippen LogP contribution in [0.2, 0.25) is 0 Å². The molecule has 0 rings (SSSR count). The van der Waals surface area contributed by atoms with E-state index in [1.807, 2.05) is 0 Å². The molecule has 1 unspecified atom stereocenters. The number of rotatable bonds is 58. The second-order valence-corrected chi connectivity index (χ2v) is 21.3. The maximum absolute atomic E-state index is 12.9. The second-order valence-electron chi connectivity index (χ2n) is 21.3. The van der Waals surface area contributed by atoms with Crippen molar-refractivity contribution in [2.24, 2.45) is 0 Å². The van der Waals surface area contributed by atoms with Gasteiger partial charge in [0.1, 0.15) is 13.2 Å². The van der Waals surface area contributed by atoms with Gasteiger partial charge in [-0.1, -0.05) is 293 Å². The van der Waals surface area contributed by atoms with E-state index in [-0.39, 0.29) is 31.1 Å². The Hall–Kier alpha value is -2.89. The normalized spacial score (nSPS) is 12.4. The molecule has 0 N–H and O–H groups in total. The first-order chi connectivity index (χ1) is 36.0. The third-order valence-electron chi connectivity index (χ3n) is 14.0. The Labute approximate surface area is 453 Å². The van der Waals surface area contributed by atoms with Crippen molar-refractivity contribution in [1.29, 1.82) is 0 Å². The number of hydrogen-bond donors (Lipinski definition) is 0. The number of esters is 3. The summed E-state index contributed by atoms with van der Waals surface area (Å²) in [6, 6.07) is 0. The van der Waals surface area contributed by atoms with Gasteiger partial charge in [-0.2, -0.15) is 0 Å². The van der Waals surface area contributed by atoms with Crippen LogP contribution in [0.4, 0.5) is 0 Å². The summed E-state index contributed by atoms with van der Waals surface area (Å²) in [5, 5.41) is 0. The topological polar surface area (TPSA) is 78.9 Å². The molecule has 6 nitrogen and oxygen atoms in total. The van der Waals surface area contributed by atoms with Gasteiger partial charge in [-0.25, -0.2) is 0 Å². The molecule has 0 radical (unpaired) electrons. The average Bonchev–Trinajstić information content (AvgIpc) is 3.39. The number of hydrogen-bond acceptors (Lipinski definition) is 6. The molecule has 0 saturated carbocycles. The summed E-state index contributed by atoms with van der Waals surface area (Å²) < 4.78 is 16.9. The van der Waals surface area contributed by atoms with E-state index >= 15 is 0 Å². The lowest BCUT2D eigenvalue weighted by atomic mass is 10.0. The molecule has 1 atom stereocenters. The molecule has 0 fully saturated rings. The Kier molecular flexibility index (Phi) is 59.2. The zero-order valence-electron chi connectivity index (χ0n) is 48.7. The summed E-state index contributed by atoms with van der Waals surface area (Å²) in [5.41, 5.74) is 0. The van der Waals surface area contributed by atoms with Crippen LogP contribution < -0.4 is 0 Å². The lowest BCUT2D eigenvalue weighted by molar-refractivity contribution is -0.167. The molecule has 0 aromatic rings. The molecular weight excluding hydrogens is 901 g/mol. The fraction of sp³-hybridized carbons (Fsp3) is 0.806. The fourth-order valence-corrected chi connectivity index (χ4v) is 9.24. The van der Waals surface area contributed by atoms with Crippen LogP contribution in [-0.4, -0.2) is 37.2 Å². The number of carbonyl (C=O) groups excluding carboxylic acids is 3. The van der Waals surface area contributed by atoms with Crippen LogP contribution in [-0.2, 0) is 28.6 Å². The minimum Gasteiger partial charge on any atom is -0.462 e. The molecule has 0 aliphatic rings. The molecule has 0 bridgehead atoms. The van der Waals surface area contributed by atoms with E-state index in [1.54, 1.807) is 0 Å². The molecule has 6 heteroatoms. The number of allylic oxidation sites excluding steroid dienone is 10. The highest BCUT2D eigenvalue weighted by atomic mass is 16.6. The van der Waals surface area contributed by atoms with Crippen molar-refractivity contribution in [2.75, 3.05) is 13.2 Å². The Morgan fingerprint density at radius 1 is 0.288 bits per heavy atom. The molecule has 424 valence electrons. The van der Waals surface area contributed by atoms with E-state index in [0.717, 1.165) is 103 Å². The van der Waals surface area contributed by atoms with Gasteiger partial charge in [0.05, 0.1) is 0 Å². The molecule has 0 aliphatic carbocycles. The first-order valence-electron chi connectivity index (χ1n) is 31.8. The van der Waals surface area contributed by atoms with Crippen molar-refractivity contribution in [3.8, 4) is 0 Å². The van der Waals surface area contributed by atoms with Crippen LogP contribution in [0.15, 0.2) is 60.8 Å². The summed E-state index contributed by atoms with van der Waals surface area (Å²) in [6.07, 6.45) is 78.1. The maximum Gasteiger partial charge on any atom is 0.306 e. The quantitative estimate of drug-likeness (QED) is 0.0261. The first kappa shape index (κ1) is 70.1. The average molecular weight is 1020 g/mol. The van der Waals surface area contributed by atoms with Gasteiger partial charge in [0.2, 0.25) is 0 Å². The Bertz CT molecular complexity index is 1310. The summed E-state index contributed by atoms with van der Waals surface area (Å²) in [4.78, 5) is 38.2. The number of ether oxygens (including phenoxy) is 3. The van der Waals surface area contributed by atoms with E-state index in [1.165, 1.54) is 186 Å². The predicted molar refractivity (Wildman–Crippen MR) is 316 cm³/mol. The van der Waals surface area contributed by atoms with Gasteiger partial charge < -0.3 is 14.2 Å². The maximum atomic E-state index is 12.9.